The number of benzene rings is 1. The normalized spacial score (nSPS) is 17.8. The highest BCUT2D eigenvalue weighted by atomic mass is 16.1. The second-order valence-electron chi connectivity index (χ2n) is 6.17. The number of amides is 1. The van der Waals surface area contributed by atoms with Gasteiger partial charge in [-0.3, -0.25) is 4.79 Å². The number of carbonyl (C=O) groups is 1. The Kier molecular flexibility index (Phi) is 4.91. The highest BCUT2D eigenvalue weighted by molar-refractivity contribution is 5.94. The number of nitrogens with zero attached hydrogens (tertiary/aromatic N) is 2. The third-order valence-corrected chi connectivity index (χ3v) is 4.30. The van der Waals surface area contributed by atoms with Gasteiger partial charge in [-0.05, 0) is 49.9 Å². The maximum atomic E-state index is 12.1. The van der Waals surface area contributed by atoms with Gasteiger partial charge in [0.05, 0.1) is 0 Å². The van der Waals surface area contributed by atoms with E-state index < -0.39 is 0 Å². The van der Waals surface area contributed by atoms with E-state index >= 15 is 0 Å². The van der Waals surface area contributed by atoms with Crippen molar-refractivity contribution >= 4 is 11.7 Å². The second-order valence-corrected chi connectivity index (χ2v) is 6.17. The number of nitrogens with one attached hydrogen (secondary N) is 1. The second kappa shape index (κ2) is 7.27. The molecule has 1 atom stereocenters. The topological polar surface area (TPSA) is 45.2 Å². The van der Waals surface area contributed by atoms with E-state index in [1.54, 1.807) is 0 Å². The Morgan fingerprint density at radius 3 is 2.83 bits per heavy atom. The van der Waals surface area contributed by atoms with Crippen molar-refractivity contribution < 1.29 is 4.79 Å². The van der Waals surface area contributed by atoms with Crippen molar-refractivity contribution in [3.8, 4) is 0 Å². The molecule has 4 nitrogen and oxygen atoms in total. The molecule has 1 saturated heterocycles. The molecule has 120 valence electrons. The molecule has 1 N–H and O–H groups in total. The molecule has 2 heterocycles. The first kappa shape index (κ1) is 15.5. The summed E-state index contributed by atoms with van der Waals surface area (Å²) in [6.45, 7) is 4.73. The summed E-state index contributed by atoms with van der Waals surface area (Å²) in [6.07, 6.45) is 2.29. The van der Waals surface area contributed by atoms with Crippen LogP contribution in [0.25, 0.3) is 0 Å². The Morgan fingerprint density at radius 2 is 2.04 bits per heavy atom. The van der Waals surface area contributed by atoms with E-state index in [1.165, 1.54) is 0 Å². The quantitative estimate of drug-likeness (QED) is 0.944. The fourth-order valence-corrected chi connectivity index (χ4v) is 3.07. The summed E-state index contributed by atoms with van der Waals surface area (Å²) >= 11 is 0. The molecule has 0 saturated carbocycles. The van der Waals surface area contributed by atoms with E-state index in [0.29, 0.717) is 5.92 Å². The van der Waals surface area contributed by atoms with Gasteiger partial charge in [-0.1, -0.05) is 24.3 Å². The third-order valence-electron chi connectivity index (χ3n) is 4.30. The molecule has 0 radical (unpaired) electrons. The Bertz CT molecular complexity index is 657. The summed E-state index contributed by atoms with van der Waals surface area (Å²) in [6, 6.07) is 15.5. The Hall–Kier alpha value is -2.36. The largest absolute Gasteiger partial charge is 0.356 e. The number of carbonyl (C=O) groups excluding carboxylic acids is 1. The van der Waals surface area contributed by atoms with Crippen molar-refractivity contribution in [1.82, 2.24) is 10.3 Å². The summed E-state index contributed by atoms with van der Waals surface area (Å²) in [5.41, 5.74) is 1.77. The van der Waals surface area contributed by atoms with Crippen LogP contribution >= 0.6 is 0 Å². The minimum Gasteiger partial charge on any atom is -0.356 e. The van der Waals surface area contributed by atoms with Gasteiger partial charge in [0.1, 0.15) is 5.82 Å². The van der Waals surface area contributed by atoms with Crippen LogP contribution < -0.4 is 10.2 Å². The predicted octanol–water partition coefficient (Wildman–Crippen LogP) is 3.04. The number of piperidine rings is 1. The number of pyridine rings is 1. The molecule has 0 bridgehead atoms. The summed E-state index contributed by atoms with van der Waals surface area (Å²) in [7, 11) is 0. The highest BCUT2D eigenvalue weighted by Crippen LogP contribution is 2.21. The molecule has 3 rings (SSSR count). The average molecular weight is 309 g/mol. The molecule has 2 aromatic rings. The lowest BCUT2D eigenvalue weighted by Crippen LogP contribution is -2.41. The number of rotatable bonds is 4. The summed E-state index contributed by atoms with van der Waals surface area (Å²) in [5.74, 6) is 1.53. The number of hydrogen-bond donors (Lipinski definition) is 1. The van der Waals surface area contributed by atoms with Crippen LogP contribution in [0.5, 0.6) is 0 Å². The average Bonchev–Trinajstić information content (AvgIpc) is 2.61. The molecule has 1 aromatic carbocycles. The zero-order valence-electron chi connectivity index (χ0n) is 13.5. The van der Waals surface area contributed by atoms with E-state index in [2.05, 4.69) is 27.3 Å². The van der Waals surface area contributed by atoms with E-state index in [9.17, 15) is 4.79 Å². The van der Waals surface area contributed by atoms with Gasteiger partial charge in [0, 0.05) is 30.9 Å². The summed E-state index contributed by atoms with van der Waals surface area (Å²) in [4.78, 5) is 19.1. The smallest absolute Gasteiger partial charge is 0.251 e. The van der Waals surface area contributed by atoms with Crippen LogP contribution in [-0.4, -0.2) is 30.5 Å². The minimum atomic E-state index is 0.0106. The van der Waals surface area contributed by atoms with Crippen LogP contribution in [0.4, 0.5) is 5.82 Å². The lowest BCUT2D eigenvalue weighted by atomic mass is 9.98. The number of aryl methyl sites for hydroxylation is 1. The van der Waals surface area contributed by atoms with E-state index in [4.69, 9.17) is 0 Å². The molecular weight excluding hydrogens is 286 g/mol. The zero-order chi connectivity index (χ0) is 16.1. The molecule has 1 unspecified atom stereocenters. The molecule has 4 heteroatoms. The van der Waals surface area contributed by atoms with Gasteiger partial charge in [-0.2, -0.15) is 0 Å². The molecule has 1 aliphatic rings. The molecule has 1 amide bonds. The fourth-order valence-electron chi connectivity index (χ4n) is 3.07. The van der Waals surface area contributed by atoms with Crippen molar-refractivity contribution in [3.63, 3.8) is 0 Å². The summed E-state index contributed by atoms with van der Waals surface area (Å²) in [5, 5.41) is 3.07. The molecule has 23 heavy (non-hydrogen) atoms. The van der Waals surface area contributed by atoms with Crippen LogP contribution in [0, 0.1) is 12.8 Å². The third kappa shape index (κ3) is 4.09. The number of anilines is 1. The number of hydrogen-bond acceptors (Lipinski definition) is 3. The predicted molar refractivity (Wildman–Crippen MR) is 92.7 cm³/mol. The van der Waals surface area contributed by atoms with Crippen molar-refractivity contribution in [1.29, 1.82) is 0 Å². The Labute approximate surface area is 137 Å². The Morgan fingerprint density at radius 1 is 1.22 bits per heavy atom. The van der Waals surface area contributed by atoms with Gasteiger partial charge in [0.15, 0.2) is 0 Å². The van der Waals surface area contributed by atoms with E-state index in [1.807, 2.05) is 43.3 Å². The van der Waals surface area contributed by atoms with Crippen molar-refractivity contribution in [2.24, 2.45) is 5.92 Å². The maximum absolute atomic E-state index is 12.1. The minimum absolute atomic E-state index is 0.0106. The first-order valence-electron chi connectivity index (χ1n) is 8.24. The standard InChI is InChI=1S/C19H23N3O/c1-15-7-5-11-18(21-15)22-12-6-8-16(14-22)13-20-19(23)17-9-3-2-4-10-17/h2-5,7,9-11,16H,6,8,12-14H2,1H3,(H,20,23). The first-order chi connectivity index (χ1) is 11.2. The summed E-state index contributed by atoms with van der Waals surface area (Å²) < 4.78 is 0. The Balaban J connectivity index is 1.56. The molecule has 0 spiro atoms. The monoisotopic (exact) mass is 309 g/mol. The first-order valence-corrected chi connectivity index (χ1v) is 8.24. The van der Waals surface area contributed by atoms with Crippen LogP contribution in [0.15, 0.2) is 48.5 Å². The number of aromatic nitrogens is 1. The lowest BCUT2D eigenvalue weighted by molar-refractivity contribution is 0.0945. The van der Waals surface area contributed by atoms with Crippen LogP contribution in [0.1, 0.15) is 28.9 Å². The molecule has 1 fully saturated rings. The van der Waals surface area contributed by atoms with Gasteiger partial charge < -0.3 is 10.2 Å². The van der Waals surface area contributed by atoms with Gasteiger partial charge in [-0.15, -0.1) is 0 Å². The van der Waals surface area contributed by atoms with Crippen molar-refractivity contribution in [3.05, 3.63) is 59.8 Å². The molecule has 1 aromatic heterocycles. The van der Waals surface area contributed by atoms with Gasteiger partial charge >= 0.3 is 0 Å². The van der Waals surface area contributed by atoms with Gasteiger partial charge in [0.2, 0.25) is 0 Å². The SMILES string of the molecule is Cc1cccc(N2CCCC(CNC(=O)c3ccccc3)C2)n1. The van der Waals surface area contributed by atoms with E-state index in [0.717, 1.165) is 49.6 Å². The molecule has 0 aliphatic carbocycles. The van der Waals surface area contributed by atoms with Crippen molar-refractivity contribution in [2.75, 3.05) is 24.5 Å². The zero-order valence-corrected chi connectivity index (χ0v) is 13.5. The van der Waals surface area contributed by atoms with Crippen LogP contribution in [0.3, 0.4) is 0 Å². The highest BCUT2D eigenvalue weighted by Gasteiger charge is 2.21. The van der Waals surface area contributed by atoms with Gasteiger partial charge in [0.25, 0.3) is 5.91 Å². The van der Waals surface area contributed by atoms with Gasteiger partial charge in [-0.25, -0.2) is 4.98 Å². The fraction of sp³-hybridized carbons (Fsp3) is 0.368. The van der Waals surface area contributed by atoms with Crippen LogP contribution in [0.2, 0.25) is 0 Å². The van der Waals surface area contributed by atoms with Crippen molar-refractivity contribution in [2.45, 2.75) is 19.8 Å². The molecular formula is C19H23N3O. The van der Waals surface area contributed by atoms with Crippen LogP contribution in [-0.2, 0) is 0 Å². The maximum Gasteiger partial charge on any atom is 0.251 e. The van der Waals surface area contributed by atoms with E-state index in [-0.39, 0.29) is 5.91 Å². The lowest BCUT2D eigenvalue weighted by Gasteiger charge is -2.33. The molecule has 1 aliphatic heterocycles.